The number of aromatic nitrogens is 1. The first kappa shape index (κ1) is 20.9. The van der Waals surface area contributed by atoms with Crippen LogP contribution in [-0.2, 0) is 4.79 Å². The number of nitrogens with zero attached hydrogens (tertiary/aromatic N) is 1. The van der Waals surface area contributed by atoms with Crippen molar-refractivity contribution in [3.05, 3.63) is 83.6 Å². The van der Waals surface area contributed by atoms with Crippen molar-refractivity contribution in [2.75, 3.05) is 7.11 Å². The number of carbonyl (C=O) groups excluding carboxylic acids is 1. The fourth-order valence-electron chi connectivity index (χ4n) is 2.99. The SMILES string of the molecule is COc1ccc(C(=O)NC(CC(=O)O)c2ccccc2F)nc1-c1ccccc1F. The van der Waals surface area contributed by atoms with Gasteiger partial charge in [-0.15, -0.1) is 0 Å². The molecule has 0 saturated heterocycles. The Kier molecular flexibility index (Phi) is 6.36. The molecule has 1 aromatic heterocycles. The van der Waals surface area contributed by atoms with Gasteiger partial charge in [0.25, 0.3) is 5.91 Å². The van der Waals surface area contributed by atoms with Crippen molar-refractivity contribution in [3.8, 4) is 17.0 Å². The van der Waals surface area contributed by atoms with Gasteiger partial charge in [-0.1, -0.05) is 30.3 Å². The van der Waals surface area contributed by atoms with E-state index in [1.165, 1.54) is 55.6 Å². The average molecular weight is 412 g/mol. The number of aliphatic carboxylic acids is 1. The largest absolute Gasteiger partial charge is 0.494 e. The molecule has 3 rings (SSSR count). The molecule has 8 heteroatoms. The van der Waals surface area contributed by atoms with Crippen molar-refractivity contribution in [1.29, 1.82) is 0 Å². The first-order valence-electron chi connectivity index (χ1n) is 8.97. The van der Waals surface area contributed by atoms with Gasteiger partial charge in [0.15, 0.2) is 0 Å². The number of nitrogens with one attached hydrogen (secondary N) is 1. The van der Waals surface area contributed by atoms with Gasteiger partial charge in [-0.2, -0.15) is 0 Å². The van der Waals surface area contributed by atoms with Crippen LogP contribution in [0.15, 0.2) is 60.7 Å². The summed E-state index contributed by atoms with van der Waals surface area (Å²) in [6.45, 7) is 0. The predicted octanol–water partition coefficient (Wildman–Crippen LogP) is 3.98. The minimum absolute atomic E-state index is 0.0380. The number of pyridine rings is 1. The second kappa shape index (κ2) is 9.13. The van der Waals surface area contributed by atoms with Crippen LogP contribution in [0.3, 0.4) is 0 Å². The summed E-state index contributed by atoms with van der Waals surface area (Å²) in [4.78, 5) is 28.2. The third-order valence-corrected chi connectivity index (χ3v) is 4.40. The molecule has 0 aliphatic heterocycles. The van der Waals surface area contributed by atoms with E-state index in [9.17, 15) is 18.4 Å². The number of methoxy groups -OCH3 is 1. The Bertz CT molecular complexity index is 1090. The van der Waals surface area contributed by atoms with E-state index >= 15 is 0 Å². The number of carboxylic acids is 1. The van der Waals surface area contributed by atoms with Crippen LogP contribution in [0.25, 0.3) is 11.3 Å². The maximum absolute atomic E-state index is 14.2. The van der Waals surface area contributed by atoms with Crippen molar-refractivity contribution in [1.82, 2.24) is 10.3 Å². The van der Waals surface area contributed by atoms with Crippen LogP contribution in [0, 0.1) is 11.6 Å². The molecule has 30 heavy (non-hydrogen) atoms. The Morgan fingerprint density at radius 3 is 2.33 bits per heavy atom. The number of carbonyl (C=O) groups is 2. The molecule has 0 saturated carbocycles. The minimum Gasteiger partial charge on any atom is -0.494 e. The summed E-state index contributed by atoms with van der Waals surface area (Å²) in [5.41, 5.74) is 0.195. The molecular formula is C22H18F2N2O4. The summed E-state index contributed by atoms with van der Waals surface area (Å²) in [6, 6.07) is 13.2. The molecule has 1 atom stereocenters. The van der Waals surface area contributed by atoms with E-state index in [0.29, 0.717) is 0 Å². The Morgan fingerprint density at radius 1 is 1.03 bits per heavy atom. The summed E-state index contributed by atoms with van der Waals surface area (Å²) in [5.74, 6) is -2.87. The highest BCUT2D eigenvalue weighted by molar-refractivity contribution is 5.93. The Hall–Kier alpha value is -3.81. The summed E-state index contributed by atoms with van der Waals surface area (Å²) >= 11 is 0. The minimum atomic E-state index is -1.21. The topological polar surface area (TPSA) is 88.5 Å². The van der Waals surface area contributed by atoms with Crippen LogP contribution in [-0.4, -0.2) is 29.1 Å². The monoisotopic (exact) mass is 412 g/mol. The first-order chi connectivity index (χ1) is 14.4. The molecule has 2 N–H and O–H groups in total. The maximum Gasteiger partial charge on any atom is 0.305 e. The van der Waals surface area contributed by atoms with E-state index < -0.39 is 36.0 Å². The number of halogens is 2. The van der Waals surface area contributed by atoms with E-state index in [0.717, 1.165) is 0 Å². The van der Waals surface area contributed by atoms with Gasteiger partial charge in [-0.3, -0.25) is 9.59 Å². The third kappa shape index (κ3) is 4.60. The summed E-state index contributed by atoms with van der Waals surface area (Å²) in [7, 11) is 1.39. The highest BCUT2D eigenvalue weighted by atomic mass is 19.1. The number of carboxylic acid groups (broad SMARTS) is 1. The number of ether oxygens (including phenoxy) is 1. The van der Waals surface area contributed by atoms with Gasteiger partial charge in [0.2, 0.25) is 0 Å². The van der Waals surface area contributed by atoms with Crippen LogP contribution in [0.1, 0.15) is 28.5 Å². The van der Waals surface area contributed by atoms with Crippen LogP contribution >= 0.6 is 0 Å². The number of hydrogen-bond acceptors (Lipinski definition) is 4. The molecule has 0 bridgehead atoms. The van der Waals surface area contributed by atoms with Crippen molar-refractivity contribution in [2.24, 2.45) is 0 Å². The average Bonchev–Trinajstić information content (AvgIpc) is 2.73. The summed E-state index contributed by atoms with van der Waals surface area (Å²) in [5, 5.41) is 11.7. The third-order valence-electron chi connectivity index (χ3n) is 4.40. The lowest BCUT2D eigenvalue weighted by molar-refractivity contribution is -0.137. The molecule has 0 fully saturated rings. The van der Waals surface area contributed by atoms with Crippen LogP contribution in [0.2, 0.25) is 0 Å². The number of hydrogen-bond donors (Lipinski definition) is 2. The molecule has 0 aliphatic rings. The van der Waals surface area contributed by atoms with Crippen molar-refractivity contribution in [2.45, 2.75) is 12.5 Å². The van der Waals surface area contributed by atoms with Gasteiger partial charge in [-0.05, 0) is 30.3 Å². The van der Waals surface area contributed by atoms with Crippen LogP contribution < -0.4 is 10.1 Å². The molecule has 3 aromatic rings. The molecule has 0 aliphatic carbocycles. The quantitative estimate of drug-likeness (QED) is 0.613. The van der Waals surface area contributed by atoms with Crippen molar-refractivity contribution < 1.29 is 28.2 Å². The van der Waals surface area contributed by atoms with Gasteiger partial charge in [0.05, 0.1) is 19.6 Å². The zero-order valence-corrected chi connectivity index (χ0v) is 15.9. The lowest BCUT2D eigenvalue weighted by Crippen LogP contribution is -2.31. The van der Waals surface area contributed by atoms with Crippen LogP contribution in [0.5, 0.6) is 5.75 Å². The number of benzene rings is 2. The highest BCUT2D eigenvalue weighted by Crippen LogP contribution is 2.30. The molecule has 2 aromatic carbocycles. The summed E-state index contributed by atoms with van der Waals surface area (Å²) < 4.78 is 33.6. The van der Waals surface area contributed by atoms with Crippen LogP contribution in [0.4, 0.5) is 8.78 Å². The standard InChI is InChI=1S/C22H18F2N2O4/c1-30-19-11-10-17(25-21(19)14-7-3-5-9-16(14)24)22(29)26-18(12-20(27)28)13-6-2-4-8-15(13)23/h2-11,18H,12H2,1H3,(H,26,29)(H,27,28). The van der Waals surface area contributed by atoms with Gasteiger partial charge >= 0.3 is 5.97 Å². The van der Waals surface area contributed by atoms with E-state index in [-0.39, 0.29) is 28.3 Å². The second-order valence-electron chi connectivity index (χ2n) is 6.37. The van der Waals surface area contributed by atoms with Crippen molar-refractivity contribution in [3.63, 3.8) is 0 Å². The second-order valence-corrected chi connectivity index (χ2v) is 6.37. The fourth-order valence-corrected chi connectivity index (χ4v) is 2.99. The van der Waals surface area contributed by atoms with Gasteiger partial charge in [-0.25, -0.2) is 13.8 Å². The Balaban J connectivity index is 1.96. The van der Waals surface area contributed by atoms with Gasteiger partial charge in [0.1, 0.15) is 28.8 Å². The first-order valence-corrected chi connectivity index (χ1v) is 8.97. The van der Waals surface area contributed by atoms with Gasteiger partial charge < -0.3 is 15.2 Å². The summed E-state index contributed by atoms with van der Waals surface area (Å²) in [6.07, 6.45) is -0.525. The molecule has 0 radical (unpaired) electrons. The van der Waals surface area contributed by atoms with Crippen molar-refractivity contribution >= 4 is 11.9 Å². The lowest BCUT2D eigenvalue weighted by Gasteiger charge is -2.18. The lowest BCUT2D eigenvalue weighted by atomic mass is 10.0. The van der Waals surface area contributed by atoms with E-state index in [2.05, 4.69) is 10.3 Å². The smallest absolute Gasteiger partial charge is 0.305 e. The fraction of sp³-hybridized carbons (Fsp3) is 0.136. The molecule has 154 valence electrons. The molecule has 1 amide bonds. The number of amides is 1. The number of rotatable bonds is 7. The predicted molar refractivity (Wildman–Crippen MR) is 105 cm³/mol. The Labute approximate surface area is 171 Å². The normalized spacial score (nSPS) is 11.6. The molecular weight excluding hydrogens is 394 g/mol. The van der Waals surface area contributed by atoms with E-state index in [1.807, 2.05) is 0 Å². The molecule has 6 nitrogen and oxygen atoms in total. The van der Waals surface area contributed by atoms with Gasteiger partial charge in [0, 0.05) is 11.1 Å². The molecule has 0 spiro atoms. The van der Waals surface area contributed by atoms with E-state index in [4.69, 9.17) is 9.84 Å². The maximum atomic E-state index is 14.2. The zero-order valence-electron chi connectivity index (χ0n) is 15.9. The van der Waals surface area contributed by atoms with E-state index in [1.54, 1.807) is 12.1 Å². The molecule has 1 unspecified atom stereocenters. The highest BCUT2D eigenvalue weighted by Gasteiger charge is 2.23. The zero-order chi connectivity index (χ0) is 21.7. The molecule has 1 heterocycles. The Morgan fingerprint density at radius 2 is 1.70 bits per heavy atom.